The quantitative estimate of drug-likeness (QED) is 0.482. The summed E-state index contributed by atoms with van der Waals surface area (Å²) in [7, 11) is 3.12. The smallest absolute Gasteiger partial charge is 0.411 e. The Morgan fingerprint density at radius 1 is 1.13 bits per heavy atom. The molecule has 4 rings (SSSR count). The molecule has 0 radical (unpaired) electrons. The number of hydrogen-bond acceptors (Lipinski definition) is 8. The molecule has 31 heavy (non-hydrogen) atoms. The van der Waals surface area contributed by atoms with E-state index in [0.717, 1.165) is 5.56 Å². The van der Waals surface area contributed by atoms with Crippen molar-refractivity contribution in [2.75, 3.05) is 14.2 Å². The number of nitrogens with two attached hydrogens (primary N) is 1. The summed E-state index contributed by atoms with van der Waals surface area (Å²) in [4.78, 5) is 20.6. The SMILES string of the molecule is COc1ccc(Cc2c(OC(N)=O)nc(-c3ccco3)nc2-n2cccn2)cc1OC. The highest BCUT2D eigenvalue weighted by atomic mass is 16.6. The summed E-state index contributed by atoms with van der Waals surface area (Å²) in [5.74, 6) is 2.21. The minimum atomic E-state index is -0.996. The number of furan rings is 1. The van der Waals surface area contributed by atoms with Crippen LogP contribution >= 0.6 is 0 Å². The van der Waals surface area contributed by atoms with Crippen LogP contribution in [0.25, 0.3) is 17.4 Å². The zero-order valence-corrected chi connectivity index (χ0v) is 16.8. The van der Waals surface area contributed by atoms with Gasteiger partial charge in [-0.05, 0) is 35.9 Å². The predicted molar refractivity (Wildman–Crippen MR) is 109 cm³/mol. The molecule has 0 aliphatic carbocycles. The molecule has 1 amide bonds. The van der Waals surface area contributed by atoms with Crippen LogP contribution < -0.4 is 19.9 Å². The molecule has 0 fully saturated rings. The van der Waals surface area contributed by atoms with Gasteiger partial charge in [0.05, 0.1) is 26.0 Å². The third-order valence-electron chi connectivity index (χ3n) is 4.44. The number of aromatic nitrogens is 4. The van der Waals surface area contributed by atoms with E-state index in [1.54, 1.807) is 55.6 Å². The molecule has 1 aromatic carbocycles. The molecule has 10 nitrogen and oxygen atoms in total. The molecule has 2 N–H and O–H groups in total. The molecule has 3 heterocycles. The molecule has 0 unspecified atom stereocenters. The van der Waals surface area contributed by atoms with Gasteiger partial charge < -0.3 is 24.4 Å². The Kier molecular flexibility index (Phi) is 5.52. The Hall–Kier alpha value is -4.34. The summed E-state index contributed by atoms with van der Waals surface area (Å²) in [6, 6.07) is 10.6. The van der Waals surface area contributed by atoms with Crippen molar-refractivity contribution in [1.29, 1.82) is 0 Å². The highest BCUT2D eigenvalue weighted by Crippen LogP contribution is 2.32. The van der Waals surface area contributed by atoms with Crippen molar-refractivity contribution < 1.29 is 23.4 Å². The van der Waals surface area contributed by atoms with Gasteiger partial charge in [-0.3, -0.25) is 0 Å². The van der Waals surface area contributed by atoms with Crippen LogP contribution in [0.1, 0.15) is 11.1 Å². The first-order valence-electron chi connectivity index (χ1n) is 9.22. The third kappa shape index (κ3) is 4.17. The Morgan fingerprint density at radius 2 is 1.97 bits per heavy atom. The monoisotopic (exact) mass is 421 g/mol. The molecule has 10 heteroatoms. The second-order valence-electron chi connectivity index (χ2n) is 6.37. The fourth-order valence-corrected chi connectivity index (χ4v) is 3.08. The van der Waals surface area contributed by atoms with Crippen LogP contribution in [0, 0.1) is 0 Å². The summed E-state index contributed by atoms with van der Waals surface area (Å²) in [5, 5.41) is 4.27. The summed E-state index contributed by atoms with van der Waals surface area (Å²) >= 11 is 0. The zero-order valence-electron chi connectivity index (χ0n) is 16.8. The number of methoxy groups -OCH3 is 2. The van der Waals surface area contributed by atoms with E-state index in [-0.39, 0.29) is 11.7 Å². The van der Waals surface area contributed by atoms with Crippen LogP contribution in [-0.4, -0.2) is 40.1 Å². The lowest BCUT2D eigenvalue weighted by molar-refractivity contribution is 0.208. The van der Waals surface area contributed by atoms with Gasteiger partial charge in [0.2, 0.25) is 11.7 Å². The Bertz CT molecular complexity index is 1190. The summed E-state index contributed by atoms with van der Waals surface area (Å²) in [6.45, 7) is 0. The van der Waals surface area contributed by atoms with E-state index in [0.29, 0.717) is 35.1 Å². The second kappa shape index (κ2) is 8.57. The summed E-state index contributed by atoms with van der Waals surface area (Å²) in [6.07, 6.45) is 4.14. The minimum absolute atomic E-state index is 0.00850. The van der Waals surface area contributed by atoms with Crippen molar-refractivity contribution >= 4 is 6.09 Å². The molecular formula is C21H19N5O5. The first kappa shape index (κ1) is 20.0. The van der Waals surface area contributed by atoms with E-state index in [9.17, 15) is 4.79 Å². The van der Waals surface area contributed by atoms with Gasteiger partial charge in [0.15, 0.2) is 23.1 Å². The van der Waals surface area contributed by atoms with Crippen LogP contribution in [0.2, 0.25) is 0 Å². The molecule has 0 aliphatic rings. The number of ether oxygens (including phenoxy) is 3. The minimum Gasteiger partial charge on any atom is -0.493 e. The fourth-order valence-electron chi connectivity index (χ4n) is 3.08. The summed E-state index contributed by atoms with van der Waals surface area (Å²) < 4.78 is 22.9. The van der Waals surface area contributed by atoms with Crippen molar-refractivity contribution in [1.82, 2.24) is 19.7 Å². The average molecular weight is 421 g/mol. The molecular weight excluding hydrogens is 402 g/mol. The number of benzene rings is 1. The number of rotatable bonds is 7. The van der Waals surface area contributed by atoms with Gasteiger partial charge >= 0.3 is 6.09 Å². The number of amides is 1. The maximum atomic E-state index is 11.6. The molecule has 3 aromatic heterocycles. The van der Waals surface area contributed by atoms with Crippen molar-refractivity contribution in [3.8, 4) is 34.8 Å². The van der Waals surface area contributed by atoms with E-state index in [1.807, 2.05) is 12.1 Å². The van der Waals surface area contributed by atoms with E-state index < -0.39 is 6.09 Å². The lowest BCUT2D eigenvalue weighted by Crippen LogP contribution is -2.20. The van der Waals surface area contributed by atoms with Crippen molar-refractivity contribution in [2.24, 2.45) is 5.73 Å². The Morgan fingerprint density at radius 3 is 2.61 bits per heavy atom. The van der Waals surface area contributed by atoms with Gasteiger partial charge in [-0.1, -0.05) is 6.07 Å². The highest BCUT2D eigenvalue weighted by molar-refractivity contribution is 5.69. The van der Waals surface area contributed by atoms with Crippen molar-refractivity contribution in [3.05, 3.63) is 66.2 Å². The first-order chi connectivity index (χ1) is 15.1. The molecule has 0 spiro atoms. The lowest BCUT2D eigenvalue weighted by Gasteiger charge is -2.15. The lowest BCUT2D eigenvalue weighted by atomic mass is 10.1. The maximum absolute atomic E-state index is 11.6. The molecule has 0 bridgehead atoms. The summed E-state index contributed by atoms with van der Waals surface area (Å²) in [5.41, 5.74) is 6.65. The standard InChI is InChI=1S/C21H19N5O5/c1-28-15-7-6-13(12-17(15)29-2)11-14-19(26-9-4-8-23-26)24-18(16-5-3-10-30-16)25-20(14)31-21(22)27/h3-10,12H,11H2,1-2H3,(H2,22,27). The second-order valence-corrected chi connectivity index (χ2v) is 6.37. The molecule has 0 atom stereocenters. The topological polar surface area (TPSA) is 128 Å². The molecule has 4 aromatic rings. The number of nitrogens with zero attached hydrogens (tertiary/aromatic N) is 4. The van der Waals surface area contributed by atoms with Crippen LogP contribution in [0.4, 0.5) is 4.79 Å². The predicted octanol–water partition coefficient (Wildman–Crippen LogP) is 2.99. The average Bonchev–Trinajstić information content (AvgIpc) is 3.48. The number of carbonyl (C=O) groups excluding carboxylic acids is 1. The zero-order chi connectivity index (χ0) is 21.8. The van der Waals surface area contributed by atoms with Gasteiger partial charge in [-0.25, -0.2) is 14.5 Å². The largest absolute Gasteiger partial charge is 0.493 e. The van der Waals surface area contributed by atoms with Crippen molar-refractivity contribution in [2.45, 2.75) is 6.42 Å². The maximum Gasteiger partial charge on any atom is 0.411 e. The van der Waals surface area contributed by atoms with E-state index in [2.05, 4.69) is 15.1 Å². The van der Waals surface area contributed by atoms with Gasteiger partial charge in [0.25, 0.3) is 0 Å². The number of hydrogen-bond donors (Lipinski definition) is 1. The highest BCUT2D eigenvalue weighted by Gasteiger charge is 2.22. The van der Waals surface area contributed by atoms with E-state index in [1.165, 1.54) is 6.26 Å². The number of primary amides is 1. The van der Waals surface area contributed by atoms with Gasteiger partial charge in [0.1, 0.15) is 0 Å². The molecule has 158 valence electrons. The normalized spacial score (nSPS) is 10.6. The van der Waals surface area contributed by atoms with Crippen LogP contribution in [0.15, 0.2) is 59.5 Å². The molecule has 0 saturated heterocycles. The van der Waals surface area contributed by atoms with E-state index >= 15 is 0 Å². The molecule has 0 aliphatic heterocycles. The Labute approximate surface area is 177 Å². The van der Waals surface area contributed by atoms with Crippen LogP contribution in [-0.2, 0) is 6.42 Å². The van der Waals surface area contributed by atoms with Crippen molar-refractivity contribution in [3.63, 3.8) is 0 Å². The van der Waals surface area contributed by atoms with Gasteiger partial charge in [-0.2, -0.15) is 10.1 Å². The van der Waals surface area contributed by atoms with Crippen LogP contribution in [0.5, 0.6) is 17.4 Å². The van der Waals surface area contributed by atoms with Gasteiger partial charge in [-0.15, -0.1) is 0 Å². The number of carbonyl (C=O) groups is 1. The molecule has 0 saturated carbocycles. The van der Waals surface area contributed by atoms with Gasteiger partial charge in [0, 0.05) is 18.8 Å². The fraction of sp³-hybridized carbons (Fsp3) is 0.143. The Balaban J connectivity index is 1.88. The third-order valence-corrected chi connectivity index (χ3v) is 4.44. The van der Waals surface area contributed by atoms with E-state index in [4.69, 9.17) is 24.4 Å². The van der Waals surface area contributed by atoms with Crippen LogP contribution in [0.3, 0.4) is 0 Å². The first-order valence-corrected chi connectivity index (χ1v) is 9.22.